The predicted molar refractivity (Wildman–Crippen MR) is 93.2 cm³/mol. The molecule has 1 amide bonds. The number of pyridine rings is 1. The third kappa shape index (κ3) is 6.63. The number of hydrogen-bond acceptors (Lipinski definition) is 5. The molecule has 0 aliphatic rings. The molecule has 1 aromatic carbocycles. The normalized spacial score (nSPS) is 10.8. The van der Waals surface area contributed by atoms with E-state index < -0.39 is 11.6 Å². The summed E-state index contributed by atoms with van der Waals surface area (Å²) in [5.41, 5.74) is 0.652. The Kier molecular flexibility index (Phi) is 6.11. The highest BCUT2D eigenvalue weighted by molar-refractivity contribution is 5.94. The molecule has 25 heavy (non-hydrogen) atoms. The molecule has 0 atom stereocenters. The van der Waals surface area contributed by atoms with E-state index in [4.69, 9.17) is 9.47 Å². The lowest BCUT2D eigenvalue weighted by atomic mass is 10.2. The van der Waals surface area contributed by atoms with Crippen LogP contribution in [0, 0.1) is 0 Å². The fourth-order valence-corrected chi connectivity index (χ4v) is 2.02. The third-order valence-corrected chi connectivity index (χ3v) is 3.03. The number of carbonyl (C=O) groups is 2. The summed E-state index contributed by atoms with van der Waals surface area (Å²) in [6, 6.07) is 12.1. The summed E-state index contributed by atoms with van der Waals surface area (Å²) in [7, 11) is 0. The molecule has 6 nitrogen and oxygen atoms in total. The van der Waals surface area contributed by atoms with E-state index in [0.29, 0.717) is 17.9 Å². The fraction of sp³-hybridized carbons (Fsp3) is 0.316. The first-order valence-corrected chi connectivity index (χ1v) is 7.96. The van der Waals surface area contributed by atoms with Gasteiger partial charge in [0.25, 0.3) is 5.91 Å². The Bertz CT molecular complexity index is 724. The minimum Gasteiger partial charge on any atom is -0.482 e. The van der Waals surface area contributed by atoms with E-state index in [-0.39, 0.29) is 12.5 Å². The molecule has 0 aliphatic carbocycles. The van der Waals surface area contributed by atoms with Gasteiger partial charge in [0.1, 0.15) is 11.4 Å². The average molecular weight is 342 g/mol. The second-order valence-corrected chi connectivity index (χ2v) is 6.41. The Labute approximate surface area is 147 Å². The maximum atomic E-state index is 12.2. The maximum absolute atomic E-state index is 12.2. The number of carbonyl (C=O) groups excluding carboxylic acids is 2. The van der Waals surface area contributed by atoms with Crippen LogP contribution >= 0.6 is 0 Å². The van der Waals surface area contributed by atoms with Gasteiger partial charge in [0.05, 0.1) is 12.2 Å². The SMILES string of the molecule is CC(C)(C)OC(=O)COc1cccc(C(=O)NCc2ccccn2)c1. The molecule has 1 N–H and O–H groups in total. The van der Waals surface area contributed by atoms with Crippen molar-refractivity contribution in [2.45, 2.75) is 32.9 Å². The summed E-state index contributed by atoms with van der Waals surface area (Å²) in [4.78, 5) is 28.0. The smallest absolute Gasteiger partial charge is 0.344 e. The highest BCUT2D eigenvalue weighted by Gasteiger charge is 2.16. The van der Waals surface area contributed by atoms with E-state index in [2.05, 4.69) is 10.3 Å². The number of amides is 1. The molecule has 1 heterocycles. The van der Waals surface area contributed by atoms with Crippen LogP contribution in [0.1, 0.15) is 36.8 Å². The topological polar surface area (TPSA) is 77.5 Å². The lowest BCUT2D eigenvalue weighted by Crippen LogP contribution is -2.27. The molecule has 0 saturated carbocycles. The molecule has 0 fully saturated rings. The zero-order valence-corrected chi connectivity index (χ0v) is 14.6. The number of ether oxygens (including phenoxy) is 2. The zero-order valence-electron chi connectivity index (χ0n) is 14.6. The Hall–Kier alpha value is -2.89. The van der Waals surface area contributed by atoms with Crippen molar-refractivity contribution in [2.24, 2.45) is 0 Å². The number of nitrogens with one attached hydrogen (secondary N) is 1. The molecule has 0 radical (unpaired) electrons. The van der Waals surface area contributed by atoms with Gasteiger partial charge in [-0.3, -0.25) is 9.78 Å². The van der Waals surface area contributed by atoms with E-state index in [1.54, 1.807) is 51.2 Å². The summed E-state index contributed by atoms with van der Waals surface area (Å²) < 4.78 is 10.6. The molecule has 132 valence electrons. The molecule has 2 aromatic rings. The van der Waals surface area contributed by atoms with Gasteiger partial charge < -0.3 is 14.8 Å². The van der Waals surface area contributed by atoms with E-state index >= 15 is 0 Å². The average Bonchev–Trinajstić information content (AvgIpc) is 2.57. The first kappa shape index (κ1) is 18.4. The molecule has 2 rings (SSSR count). The van der Waals surface area contributed by atoms with Crippen molar-refractivity contribution in [3.63, 3.8) is 0 Å². The van der Waals surface area contributed by atoms with Crippen LogP contribution in [0.3, 0.4) is 0 Å². The summed E-state index contributed by atoms with van der Waals surface area (Å²) in [6.45, 7) is 5.49. The van der Waals surface area contributed by atoms with Crippen LogP contribution in [-0.4, -0.2) is 29.1 Å². The van der Waals surface area contributed by atoms with E-state index in [1.807, 2.05) is 18.2 Å². The molecule has 0 spiro atoms. The summed E-state index contributed by atoms with van der Waals surface area (Å²) >= 11 is 0. The molecule has 1 aromatic heterocycles. The van der Waals surface area contributed by atoms with Gasteiger partial charge in [-0.2, -0.15) is 0 Å². The Morgan fingerprint density at radius 2 is 1.92 bits per heavy atom. The van der Waals surface area contributed by atoms with E-state index in [0.717, 1.165) is 5.69 Å². The highest BCUT2D eigenvalue weighted by Crippen LogP contribution is 2.14. The standard InChI is InChI=1S/C19H22N2O4/c1-19(2,3)25-17(22)13-24-16-9-6-7-14(11-16)18(23)21-12-15-8-4-5-10-20-15/h4-11H,12-13H2,1-3H3,(H,21,23). The van der Waals surface area contributed by atoms with Crippen molar-refractivity contribution < 1.29 is 19.1 Å². The second-order valence-electron chi connectivity index (χ2n) is 6.41. The van der Waals surface area contributed by atoms with Crippen molar-refractivity contribution in [3.05, 3.63) is 59.9 Å². The highest BCUT2D eigenvalue weighted by atomic mass is 16.6. The van der Waals surface area contributed by atoms with Gasteiger partial charge in [0, 0.05) is 11.8 Å². The molecular formula is C19H22N2O4. The van der Waals surface area contributed by atoms with Crippen molar-refractivity contribution in [3.8, 4) is 5.75 Å². The van der Waals surface area contributed by atoms with Crippen LogP contribution in [0.5, 0.6) is 5.75 Å². The van der Waals surface area contributed by atoms with Crippen molar-refractivity contribution in [2.75, 3.05) is 6.61 Å². The number of nitrogens with zero attached hydrogens (tertiary/aromatic N) is 1. The minimum atomic E-state index is -0.562. The van der Waals surface area contributed by atoms with Crippen LogP contribution < -0.4 is 10.1 Å². The monoisotopic (exact) mass is 342 g/mol. The quantitative estimate of drug-likeness (QED) is 0.817. The van der Waals surface area contributed by atoms with Gasteiger partial charge in [-0.15, -0.1) is 0 Å². The molecule has 0 aliphatic heterocycles. The predicted octanol–water partition coefficient (Wildman–Crippen LogP) is 2.73. The van der Waals surface area contributed by atoms with Crippen LogP contribution in [0.15, 0.2) is 48.7 Å². The van der Waals surface area contributed by atoms with Crippen LogP contribution in [0.4, 0.5) is 0 Å². The van der Waals surface area contributed by atoms with Crippen LogP contribution in [-0.2, 0) is 16.1 Å². The van der Waals surface area contributed by atoms with Crippen molar-refractivity contribution >= 4 is 11.9 Å². The lowest BCUT2D eigenvalue weighted by molar-refractivity contribution is -0.157. The van der Waals surface area contributed by atoms with Gasteiger partial charge in [0.2, 0.25) is 0 Å². The largest absolute Gasteiger partial charge is 0.482 e. The second kappa shape index (κ2) is 8.28. The maximum Gasteiger partial charge on any atom is 0.344 e. The first-order chi connectivity index (χ1) is 11.8. The van der Waals surface area contributed by atoms with E-state index in [9.17, 15) is 9.59 Å². The Morgan fingerprint density at radius 1 is 1.12 bits per heavy atom. The number of benzene rings is 1. The molecular weight excluding hydrogens is 320 g/mol. The Morgan fingerprint density at radius 3 is 2.60 bits per heavy atom. The number of hydrogen-bond donors (Lipinski definition) is 1. The van der Waals surface area contributed by atoms with E-state index in [1.165, 1.54) is 0 Å². The summed E-state index contributed by atoms with van der Waals surface area (Å²) in [5, 5.41) is 2.79. The van der Waals surface area contributed by atoms with Gasteiger partial charge in [-0.1, -0.05) is 12.1 Å². The molecule has 0 saturated heterocycles. The molecule has 0 unspecified atom stereocenters. The lowest BCUT2D eigenvalue weighted by Gasteiger charge is -2.19. The number of rotatable bonds is 6. The Balaban J connectivity index is 1.89. The van der Waals surface area contributed by atoms with Gasteiger partial charge in [0.15, 0.2) is 6.61 Å². The van der Waals surface area contributed by atoms with Crippen molar-refractivity contribution in [1.29, 1.82) is 0 Å². The first-order valence-electron chi connectivity index (χ1n) is 7.96. The summed E-state index contributed by atoms with van der Waals surface area (Å²) in [6.07, 6.45) is 1.67. The molecule has 0 bridgehead atoms. The van der Waals surface area contributed by atoms with Crippen LogP contribution in [0.25, 0.3) is 0 Å². The van der Waals surface area contributed by atoms with Gasteiger partial charge >= 0.3 is 5.97 Å². The fourth-order valence-electron chi connectivity index (χ4n) is 2.02. The van der Waals surface area contributed by atoms with Crippen LogP contribution in [0.2, 0.25) is 0 Å². The van der Waals surface area contributed by atoms with Crippen molar-refractivity contribution in [1.82, 2.24) is 10.3 Å². The van der Waals surface area contributed by atoms with Gasteiger partial charge in [-0.25, -0.2) is 4.79 Å². The third-order valence-electron chi connectivity index (χ3n) is 3.03. The number of aromatic nitrogens is 1. The molecule has 6 heteroatoms. The van der Waals surface area contributed by atoms with Gasteiger partial charge in [-0.05, 0) is 51.1 Å². The summed E-state index contributed by atoms with van der Waals surface area (Å²) in [5.74, 6) is -0.276. The minimum absolute atomic E-state index is 0.212. The number of esters is 1. The zero-order chi connectivity index (χ0) is 18.3.